The largest absolute Gasteiger partial charge is 0.283 e. The Morgan fingerprint density at radius 2 is 1.80 bits per heavy atom. The summed E-state index contributed by atoms with van der Waals surface area (Å²) in [5.41, 5.74) is 2.18. The maximum Gasteiger partial charge on any atom is 0.283 e. The van der Waals surface area contributed by atoms with Crippen molar-refractivity contribution in [3.05, 3.63) is 74.0 Å². The Labute approximate surface area is 125 Å². The van der Waals surface area contributed by atoms with Crippen LogP contribution in [0.2, 0.25) is 0 Å². The first-order valence-corrected chi connectivity index (χ1v) is 6.88. The molecule has 2 aromatic rings. The average Bonchev–Trinajstić information content (AvgIpc) is 2.43. The van der Waals surface area contributed by atoms with Gasteiger partial charge >= 0.3 is 0 Å². The average molecular weight is 340 g/mol. The molecule has 0 aliphatic carbocycles. The van der Waals surface area contributed by atoms with Gasteiger partial charge in [-0.2, -0.15) is 0 Å². The number of benzene rings is 2. The number of rotatable bonds is 2. The van der Waals surface area contributed by atoms with E-state index < -0.39 is 4.92 Å². The molecule has 0 radical (unpaired) electrons. The zero-order chi connectivity index (χ0) is 15.1. The summed E-state index contributed by atoms with van der Waals surface area (Å²) in [6.07, 6.45) is 0.972. The van der Waals surface area contributed by atoms with Crippen LogP contribution in [0.3, 0.4) is 0 Å². The van der Waals surface area contributed by atoms with Crippen molar-refractivity contribution in [1.29, 1.82) is 0 Å². The van der Waals surface area contributed by atoms with Crippen LogP contribution in [-0.4, -0.2) is 4.92 Å². The van der Waals surface area contributed by atoms with Crippen molar-refractivity contribution in [2.75, 3.05) is 0 Å². The van der Waals surface area contributed by atoms with Gasteiger partial charge in [-0.05, 0) is 58.6 Å². The number of aryl methyl sites for hydroxylation is 2. The Morgan fingerprint density at radius 3 is 2.25 bits per heavy atom. The van der Waals surface area contributed by atoms with Crippen LogP contribution in [-0.2, 0) is 6.42 Å². The highest BCUT2D eigenvalue weighted by molar-refractivity contribution is 9.10. The van der Waals surface area contributed by atoms with E-state index in [1.165, 1.54) is 23.8 Å². The molecule has 0 amide bonds. The van der Waals surface area contributed by atoms with Gasteiger partial charge in [-0.15, -0.1) is 0 Å². The van der Waals surface area contributed by atoms with Crippen LogP contribution in [0.15, 0.2) is 46.9 Å². The molecular weight excluding hydrogens is 325 g/mol. The summed E-state index contributed by atoms with van der Waals surface area (Å²) in [5.74, 6) is -0.160. The van der Waals surface area contributed by atoms with Crippen molar-refractivity contribution in [2.24, 2.45) is 0 Å². The van der Waals surface area contributed by atoms with Gasteiger partial charge in [0.15, 0.2) is 0 Å². The Balaban J connectivity index is 0.000000204. The van der Waals surface area contributed by atoms with Crippen LogP contribution in [0.1, 0.15) is 18.1 Å². The fraction of sp³-hybridized carbons (Fsp3) is 0.200. The predicted octanol–water partition coefficient (Wildman–Crippen LogP) is 5.05. The molecule has 2 aromatic carbocycles. The van der Waals surface area contributed by atoms with E-state index in [2.05, 4.69) is 15.9 Å². The van der Waals surface area contributed by atoms with Gasteiger partial charge in [-0.1, -0.05) is 25.1 Å². The quantitative estimate of drug-likeness (QED) is 0.567. The molecule has 20 heavy (non-hydrogen) atoms. The van der Waals surface area contributed by atoms with Crippen LogP contribution in [0.4, 0.5) is 10.1 Å². The van der Waals surface area contributed by atoms with Gasteiger partial charge in [-0.25, -0.2) is 4.39 Å². The number of hydrogen-bond acceptors (Lipinski definition) is 2. The SMILES string of the molecule is CCc1ccc(F)cc1.Cc1ccc(Br)c([N+](=O)[O-])c1. The molecule has 106 valence electrons. The van der Waals surface area contributed by atoms with Crippen LogP contribution in [0.25, 0.3) is 0 Å². The summed E-state index contributed by atoms with van der Waals surface area (Å²) in [7, 11) is 0. The molecule has 5 heteroatoms. The van der Waals surface area contributed by atoms with Crippen LogP contribution in [0.5, 0.6) is 0 Å². The van der Waals surface area contributed by atoms with Crippen molar-refractivity contribution >= 4 is 21.6 Å². The molecule has 0 fully saturated rings. The molecule has 2 rings (SSSR count). The fourth-order valence-corrected chi connectivity index (χ4v) is 1.87. The van der Waals surface area contributed by atoms with Crippen molar-refractivity contribution in [3.63, 3.8) is 0 Å². The smallest absolute Gasteiger partial charge is 0.258 e. The lowest BCUT2D eigenvalue weighted by atomic mass is 10.2. The number of halogens is 2. The Bertz CT molecular complexity index is 585. The van der Waals surface area contributed by atoms with Crippen molar-refractivity contribution in [3.8, 4) is 0 Å². The van der Waals surface area contributed by atoms with Crippen LogP contribution >= 0.6 is 15.9 Å². The minimum Gasteiger partial charge on any atom is -0.258 e. The fourth-order valence-electron chi connectivity index (χ4n) is 1.48. The summed E-state index contributed by atoms with van der Waals surface area (Å²) in [4.78, 5) is 9.94. The summed E-state index contributed by atoms with van der Waals surface area (Å²) in [6.45, 7) is 3.87. The molecule has 0 unspecified atom stereocenters. The van der Waals surface area contributed by atoms with E-state index in [4.69, 9.17) is 0 Å². The second-order valence-electron chi connectivity index (χ2n) is 4.19. The summed E-state index contributed by atoms with van der Waals surface area (Å²) in [6, 6.07) is 11.6. The van der Waals surface area contributed by atoms with E-state index in [9.17, 15) is 14.5 Å². The molecule has 0 spiro atoms. The lowest BCUT2D eigenvalue weighted by Gasteiger charge is -1.95. The molecule has 0 saturated carbocycles. The number of nitro benzene ring substituents is 1. The van der Waals surface area contributed by atoms with E-state index in [1.807, 2.05) is 19.9 Å². The lowest BCUT2D eigenvalue weighted by molar-refractivity contribution is -0.385. The van der Waals surface area contributed by atoms with Crippen molar-refractivity contribution in [2.45, 2.75) is 20.3 Å². The highest BCUT2D eigenvalue weighted by Crippen LogP contribution is 2.24. The summed E-state index contributed by atoms with van der Waals surface area (Å²) < 4.78 is 12.7. The molecule has 0 N–H and O–H groups in total. The zero-order valence-electron chi connectivity index (χ0n) is 11.3. The van der Waals surface area contributed by atoms with Gasteiger partial charge < -0.3 is 0 Å². The first-order valence-electron chi connectivity index (χ1n) is 6.09. The Hall–Kier alpha value is -1.75. The molecule has 0 saturated heterocycles. The van der Waals surface area contributed by atoms with E-state index in [1.54, 1.807) is 18.2 Å². The van der Waals surface area contributed by atoms with Crippen molar-refractivity contribution in [1.82, 2.24) is 0 Å². The second-order valence-corrected chi connectivity index (χ2v) is 5.05. The van der Waals surface area contributed by atoms with E-state index in [0.29, 0.717) is 4.47 Å². The van der Waals surface area contributed by atoms with Crippen LogP contribution < -0.4 is 0 Å². The number of nitro groups is 1. The third kappa shape index (κ3) is 5.09. The summed E-state index contributed by atoms with van der Waals surface area (Å²) >= 11 is 3.09. The Morgan fingerprint density at radius 1 is 1.20 bits per heavy atom. The molecule has 0 aliphatic rings. The maximum absolute atomic E-state index is 12.2. The number of hydrogen-bond donors (Lipinski definition) is 0. The van der Waals surface area contributed by atoms with E-state index in [-0.39, 0.29) is 11.5 Å². The lowest BCUT2D eigenvalue weighted by Crippen LogP contribution is -1.89. The molecule has 0 aromatic heterocycles. The van der Waals surface area contributed by atoms with Gasteiger partial charge in [0.1, 0.15) is 5.82 Å². The first-order chi connectivity index (χ1) is 9.43. The van der Waals surface area contributed by atoms with E-state index >= 15 is 0 Å². The monoisotopic (exact) mass is 339 g/mol. The minimum atomic E-state index is -0.406. The highest BCUT2D eigenvalue weighted by atomic mass is 79.9. The number of nitrogens with zero attached hydrogens (tertiary/aromatic N) is 1. The van der Waals surface area contributed by atoms with E-state index in [0.717, 1.165) is 12.0 Å². The first kappa shape index (κ1) is 16.3. The molecule has 0 aliphatic heterocycles. The summed E-state index contributed by atoms with van der Waals surface area (Å²) in [5, 5.41) is 10.3. The maximum atomic E-state index is 12.2. The second kappa shape index (κ2) is 7.75. The molecule has 0 heterocycles. The van der Waals surface area contributed by atoms with Gasteiger partial charge in [0.2, 0.25) is 0 Å². The molecule has 0 bridgehead atoms. The van der Waals surface area contributed by atoms with Gasteiger partial charge in [0.25, 0.3) is 5.69 Å². The topological polar surface area (TPSA) is 43.1 Å². The normalized spacial score (nSPS) is 9.60. The molecular formula is C15H15BrFNO2. The third-order valence-corrected chi connectivity index (χ3v) is 3.29. The van der Waals surface area contributed by atoms with Gasteiger partial charge in [-0.3, -0.25) is 10.1 Å². The van der Waals surface area contributed by atoms with Gasteiger partial charge in [0.05, 0.1) is 9.40 Å². The molecule has 3 nitrogen and oxygen atoms in total. The van der Waals surface area contributed by atoms with Gasteiger partial charge in [0, 0.05) is 6.07 Å². The zero-order valence-corrected chi connectivity index (χ0v) is 12.9. The standard InChI is InChI=1S/C8H9F.C7H6BrNO2/c1-2-7-3-5-8(9)6-4-7;1-5-2-3-6(8)7(4-5)9(10)11/h3-6H,2H2,1H3;2-4H,1H3. The predicted molar refractivity (Wildman–Crippen MR) is 81.3 cm³/mol. The third-order valence-electron chi connectivity index (χ3n) is 2.62. The van der Waals surface area contributed by atoms with Crippen molar-refractivity contribution < 1.29 is 9.31 Å². The van der Waals surface area contributed by atoms with Crippen LogP contribution in [0, 0.1) is 22.9 Å². The Kier molecular flexibility index (Phi) is 6.31. The minimum absolute atomic E-state index is 0.116. The molecule has 0 atom stereocenters. The highest BCUT2D eigenvalue weighted by Gasteiger charge is 2.09.